The van der Waals surface area contributed by atoms with E-state index in [0.717, 1.165) is 12.8 Å². The lowest BCUT2D eigenvalue weighted by atomic mass is 10.0. The van der Waals surface area contributed by atoms with Crippen molar-refractivity contribution in [3.63, 3.8) is 0 Å². The molecule has 2 aliphatic heterocycles. The van der Waals surface area contributed by atoms with E-state index in [9.17, 15) is 14.3 Å². The zero-order valence-electron chi connectivity index (χ0n) is 13.0. The Morgan fingerprint density at radius 1 is 1.38 bits per heavy atom. The molecule has 2 heterocycles. The third-order valence-electron chi connectivity index (χ3n) is 3.57. The van der Waals surface area contributed by atoms with Crippen molar-refractivity contribution in [1.82, 2.24) is 5.32 Å². The Hall–Kier alpha value is -2.45. The molecular formula is C16H17FN2O5. The summed E-state index contributed by atoms with van der Waals surface area (Å²) in [5, 5.41) is 11.7. The molecule has 0 bridgehead atoms. The minimum absolute atomic E-state index is 0.0597. The molecule has 0 saturated carbocycles. The summed E-state index contributed by atoms with van der Waals surface area (Å²) in [5.74, 6) is -1.33. The summed E-state index contributed by atoms with van der Waals surface area (Å²) in [6.45, 7) is 0.971. The van der Waals surface area contributed by atoms with Crippen molar-refractivity contribution in [2.24, 2.45) is 4.99 Å². The van der Waals surface area contributed by atoms with Gasteiger partial charge in [-0.3, -0.25) is 4.79 Å². The highest BCUT2D eigenvalue weighted by atomic mass is 19.1. The third kappa shape index (κ3) is 3.24. The molecule has 1 unspecified atom stereocenters. The largest absolute Gasteiger partial charge is 0.490 e. The standard InChI is InChI=1S/C16H17FN2O5/c1-22-6-2-3-7-23-11-5-4-9-8-10-14(20)18-16(21)19-15(10)24-13(9)12(11)17/h4-5,8,16,21H,2-3,6-7H2,1H3,(H,18,20). The number of hydrogen-bond acceptors (Lipinski definition) is 6. The molecule has 0 saturated heterocycles. The van der Waals surface area contributed by atoms with Crippen molar-refractivity contribution in [3.8, 4) is 11.5 Å². The number of methoxy groups -OCH3 is 1. The van der Waals surface area contributed by atoms with E-state index in [1.54, 1.807) is 13.2 Å². The number of rotatable bonds is 6. The molecule has 3 rings (SSSR count). The van der Waals surface area contributed by atoms with Crippen LogP contribution in [0.15, 0.2) is 22.7 Å². The van der Waals surface area contributed by atoms with Gasteiger partial charge in [-0.05, 0) is 31.1 Å². The number of carbonyl (C=O) groups is 1. The van der Waals surface area contributed by atoms with Gasteiger partial charge in [0.25, 0.3) is 5.91 Å². The van der Waals surface area contributed by atoms with E-state index in [1.807, 2.05) is 0 Å². The Balaban J connectivity index is 1.79. The number of benzene rings is 1. The van der Waals surface area contributed by atoms with Gasteiger partial charge >= 0.3 is 0 Å². The quantitative estimate of drug-likeness (QED) is 0.762. The highest BCUT2D eigenvalue weighted by Crippen LogP contribution is 2.36. The van der Waals surface area contributed by atoms with E-state index in [4.69, 9.17) is 14.2 Å². The van der Waals surface area contributed by atoms with Gasteiger partial charge < -0.3 is 24.6 Å². The van der Waals surface area contributed by atoms with Crippen LogP contribution in [-0.4, -0.2) is 43.6 Å². The summed E-state index contributed by atoms with van der Waals surface area (Å²) >= 11 is 0. The molecule has 8 heteroatoms. The van der Waals surface area contributed by atoms with Gasteiger partial charge in [0, 0.05) is 19.3 Å². The average Bonchev–Trinajstić information content (AvgIpc) is 2.55. The molecule has 0 spiro atoms. The van der Waals surface area contributed by atoms with Crippen molar-refractivity contribution in [2.45, 2.75) is 19.2 Å². The summed E-state index contributed by atoms with van der Waals surface area (Å²) in [6.07, 6.45) is 1.60. The number of fused-ring (bicyclic) bond motifs is 2. The summed E-state index contributed by atoms with van der Waals surface area (Å²) in [5.41, 5.74) is 0.542. The van der Waals surface area contributed by atoms with Gasteiger partial charge in [0.15, 0.2) is 11.5 Å². The topological polar surface area (TPSA) is 89.4 Å². The number of ether oxygens (including phenoxy) is 3. The molecule has 1 atom stereocenters. The van der Waals surface area contributed by atoms with E-state index in [1.165, 1.54) is 12.1 Å². The van der Waals surface area contributed by atoms with Crippen LogP contribution in [0.5, 0.6) is 11.5 Å². The molecule has 0 aromatic heterocycles. The van der Waals surface area contributed by atoms with Crippen LogP contribution < -0.4 is 14.8 Å². The number of aliphatic imine (C=N–C) groups is 1. The molecule has 1 amide bonds. The SMILES string of the molecule is COCCCCOc1ccc2c(c1F)OC1=NC(O)NC(=O)C1=C2. The molecule has 128 valence electrons. The Kier molecular flexibility index (Phi) is 4.77. The molecule has 0 aliphatic carbocycles. The van der Waals surface area contributed by atoms with Gasteiger partial charge in [-0.2, -0.15) is 9.38 Å². The second-order valence-electron chi connectivity index (χ2n) is 5.29. The van der Waals surface area contributed by atoms with Gasteiger partial charge in [0.05, 0.1) is 6.61 Å². The Labute approximate surface area is 137 Å². The maximum atomic E-state index is 14.6. The van der Waals surface area contributed by atoms with Crippen LogP contribution in [0, 0.1) is 5.82 Å². The minimum Gasteiger partial charge on any atom is -0.490 e. The molecule has 7 nitrogen and oxygen atoms in total. The summed E-state index contributed by atoms with van der Waals surface area (Å²) in [6, 6.07) is 3.09. The van der Waals surface area contributed by atoms with Crippen LogP contribution in [0.4, 0.5) is 4.39 Å². The monoisotopic (exact) mass is 336 g/mol. The van der Waals surface area contributed by atoms with E-state index in [0.29, 0.717) is 18.8 Å². The highest BCUT2D eigenvalue weighted by molar-refractivity contribution is 6.24. The Morgan fingerprint density at radius 2 is 2.17 bits per heavy atom. The number of unbranched alkanes of at least 4 members (excludes halogenated alkanes) is 1. The second-order valence-corrected chi connectivity index (χ2v) is 5.29. The molecule has 1 aromatic rings. The Morgan fingerprint density at radius 3 is 2.96 bits per heavy atom. The lowest BCUT2D eigenvalue weighted by molar-refractivity contribution is -0.120. The Bertz CT molecular complexity index is 717. The van der Waals surface area contributed by atoms with Gasteiger partial charge in [0.1, 0.15) is 5.57 Å². The molecule has 1 aromatic carbocycles. The lowest BCUT2D eigenvalue weighted by Crippen LogP contribution is -2.43. The number of amides is 1. The fraction of sp³-hybridized carbons (Fsp3) is 0.375. The minimum atomic E-state index is -1.41. The first kappa shape index (κ1) is 16.4. The smallest absolute Gasteiger partial charge is 0.260 e. The summed E-state index contributed by atoms with van der Waals surface area (Å²) in [4.78, 5) is 15.5. The molecule has 24 heavy (non-hydrogen) atoms. The van der Waals surface area contributed by atoms with Crippen molar-refractivity contribution in [3.05, 3.63) is 29.1 Å². The molecule has 2 aliphatic rings. The number of aliphatic hydroxyl groups excluding tert-OH is 1. The first-order chi connectivity index (χ1) is 11.6. The van der Waals surface area contributed by atoms with Crippen molar-refractivity contribution in [1.29, 1.82) is 0 Å². The van der Waals surface area contributed by atoms with E-state index >= 15 is 0 Å². The van der Waals surface area contributed by atoms with Gasteiger partial charge in [-0.25, -0.2) is 0 Å². The molecular weight excluding hydrogens is 319 g/mol. The van der Waals surface area contributed by atoms with Crippen LogP contribution >= 0.6 is 0 Å². The summed E-state index contributed by atoms with van der Waals surface area (Å²) in [7, 11) is 1.62. The first-order valence-corrected chi connectivity index (χ1v) is 7.51. The number of halogens is 1. The predicted octanol–water partition coefficient (Wildman–Crippen LogP) is 1.21. The fourth-order valence-electron chi connectivity index (χ4n) is 2.38. The van der Waals surface area contributed by atoms with Crippen LogP contribution in [-0.2, 0) is 9.53 Å². The van der Waals surface area contributed by atoms with E-state index in [2.05, 4.69) is 10.3 Å². The van der Waals surface area contributed by atoms with Crippen LogP contribution in [0.3, 0.4) is 0 Å². The van der Waals surface area contributed by atoms with E-state index in [-0.39, 0.29) is 23.0 Å². The van der Waals surface area contributed by atoms with Gasteiger partial charge in [0.2, 0.25) is 18.1 Å². The second kappa shape index (κ2) is 6.98. The van der Waals surface area contributed by atoms with Crippen LogP contribution in [0.25, 0.3) is 6.08 Å². The summed E-state index contributed by atoms with van der Waals surface area (Å²) < 4.78 is 30.3. The molecule has 0 radical (unpaired) electrons. The first-order valence-electron chi connectivity index (χ1n) is 7.51. The van der Waals surface area contributed by atoms with Crippen molar-refractivity contribution in [2.75, 3.05) is 20.3 Å². The number of nitrogens with zero attached hydrogens (tertiary/aromatic N) is 1. The van der Waals surface area contributed by atoms with Crippen molar-refractivity contribution < 1.29 is 28.5 Å². The lowest BCUT2D eigenvalue weighted by Gasteiger charge is -2.24. The predicted molar refractivity (Wildman–Crippen MR) is 83.2 cm³/mol. The average molecular weight is 336 g/mol. The zero-order chi connectivity index (χ0) is 17.1. The van der Waals surface area contributed by atoms with Gasteiger partial charge in [-0.15, -0.1) is 0 Å². The number of carbonyl (C=O) groups excluding carboxylic acids is 1. The molecule has 0 fully saturated rings. The van der Waals surface area contributed by atoms with Crippen LogP contribution in [0.1, 0.15) is 18.4 Å². The normalized spacial score (nSPS) is 18.6. The highest BCUT2D eigenvalue weighted by Gasteiger charge is 2.32. The number of hydrogen-bond donors (Lipinski definition) is 2. The fourth-order valence-corrected chi connectivity index (χ4v) is 2.38. The molecule has 2 N–H and O–H groups in total. The zero-order valence-corrected chi connectivity index (χ0v) is 13.0. The number of aliphatic hydroxyl groups is 1. The number of nitrogens with one attached hydrogen (secondary N) is 1. The van der Waals surface area contributed by atoms with Crippen molar-refractivity contribution >= 4 is 17.9 Å². The third-order valence-corrected chi connectivity index (χ3v) is 3.57. The van der Waals surface area contributed by atoms with E-state index < -0.39 is 18.1 Å². The maximum Gasteiger partial charge on any atom is 0.260 e. The van der Waals surface area contributed by atoms with Gasteiger partial charge in [-0.1, -0.05) is 0 Å². The maximum absolute atomic E-state index is 14.6. The van der Waals surface area contributed by atoms with Crippen LogP contribution in [0.2, 0.25) is 0 Å².